The third kappa shape index (κ3) is 4.31. The lowest BCUT2D eigenvalue weighted by Gasteiger charge is -2.05. The Morgan fingerprint density at radius 1 is 1.00 bits per heavy atom. The fourth-order valence-corrected chi connectivity index (χ4v) is 1.73. The van der Waals surface area contributed by atoms with Crippen LogP contribution in [0.4, 0.5) is 5.69 Å². The largest absolute Gasteiger partial charge is 0.464 e. The van der Waals surface area contributed by atoms with Gasteiger partial charge < -0.3 is 10.1 Å². The van der Waals surface area contributed by atoms with E-state index in [0.29, 0.717) is 17.0 Å². The summed E-state index contributed by atoms with van der Waals surface area (Å²) in [5.74, 6) is 0.0306. The van der Waals surface area contributed by atoms with Crippen LogP contribution in [-0.2, 0) is 4.79 Å². The van der Waals surface area contributed by atoms with Gasteiger partial charge in [0.2, 0.25) is 0 Å². The quantitative estimate of drug-likeness (QED) is 0.519. The lowest BCUT2D eigenvalue weighted by molar-refractivity contribution is -0.112. The first kappa shape index (κ1) is 14.5. The van der Waals surface area contributed by atoms with E-state index in [1.807, 2.05) is 18.2 Å². The number of anilines is 1. The zero-order valence-corrected chi connectivity index (χ0v) is 11.6. The maximum absolute atomic E-state index is 11.7. The summed E-state index contributed by atoms with van der Waals surface area (Å²) in [6.45, 7) is 1.47. The fraction of sp³-hybridized carbons (Fsp3) is 0.0588. The van der Waals surface area contributed by atoms with Gasteiger partial charge in [-0.3, -0.25) is 9.59 Å². The van der Waals surface area contributed by atoms with E-state index < -0.39 is 0 Å². The zero-order chi connectivity index (χ0) is 15.1. The van der Waals surface area contributed by atoms with E-state index in [1.165, 1.54) is 19.3 Å². The van der Waals surface area contributed by atoms with Crippen LogP contribution in [0.25, 0.3) is 0 Å². The summed E-state index contributed by atoms with van der Waals surface area (Å²) in [6.07, 6.45) is 2.53. The van der Waals surface area contributed by atoms with Crippen molar-refractivity contribution in [1.29, 1.82) is 0 Å². The van der Waals surface area contributed by atoms with Gasteiger partial charge >= 0.3 is 0 Å². The molecular formula is C17H15NO3. The predicted octanol–water partition coefficient (Wildman–Crippen LogP) is 3.42. The van der Waals surface area contributed by atoms with Crippen molar-refractivity contribution in [3.05, 3.63) is 72.5 Å². The van der Waals surface area contributed by atoms with Crippen LogP contribution in [0.5, 0.6) is 5.75 Å². The standard InChI is InChI=1S/C17H15NO3/c1-13(19)15-9-5-6-10-16(15)21-12-11-17(20)18-14-7-3-2-4-8-14/h2-12H,1H3,(H,18,20)/b12-11+. The van der Waals surface area contributed by atoms with Gasteiger partial charge in [-0.2, -0.15) is 0 Å². The molecule has 0 aromatic heterocycles. The molecule has 1 amide bonds. The minimum absolute atomic E-state index is 0.0901. The Morgan fingerprint density at radius 3 is 2.38 bits per heavy atom. The second-order valence-corrected chi connectivity index (χ2v) is 4.33. The number of ketones is 1. The third-order valence-corrected chi connectivity index (χ3v) is 2.72. The molecule has 4 nitrogen and oxygen atoms in total. The van der Waals surface area contributed by atoms with Crippen LogP contribution in [0.15, 0.2) is 66.9 Å². The Hall–Kier alpha value is -2.88. The first-order valence-corrected chi connectivity index (χ1v) is 6.46. The van der Waals surface area contributed by atoms with Crippen LogP contribution in [0, 0.1) is 0 Å². The van der Waals surface area contributed by atoms with Crippen LogP contribution in [-0.4, -0.2) is 11.7 Å². The topological polar surface area (TPSA) is 55.4 Å². The van der Waals surface area contributed by atoms with E-state index >= 15 is 0 Å². The molecule has 106 valence electrons. The molecule has 0 unspecified atom stereocenters. The van der Waals surface area contributed by atoms with E-state index in [0.717, 1.165) is 0 Å². The maximum Gasteiger partial charge on any atom is 0.251 e. The number of hydrogen-bond acceptors (Lipinski definition) is 3. The Kier molecular flexibility index (Phi) is 4.88. The number of carbonyl (C=O) groups excluding carboxylic acids is 2. The van der Waals surface area contributed by atoms with Crippen molar-refractivity contribution in [2.24, 2.45) is 0 Å². The van der Waals surface area contributed by atoms with Crippen LogP contribution in [0.2, 0.25) is 0 Å². The molecule has 0 bridgehead atoms. The van der Waals surface area contributed by atoms with Crippen molar-refractivity contribution in [1.82, 2.24) is 0 Å². The van der Waals surface area contributed by atoms with Gasteiger partial charge in [0.25, 0.3) is 5.91 Å². The highest BCUT2D eigenvalue weighted by molar-refractivity contribution is 5.99. The van der Waals surface area contributed by atoms with Crippen molar-refractivity contribution < 1.29 is 14.3 Å². The predicted molar refractivity (Wildman–Crippen MR) is 81.3 cm³/mol. The fourth-order valence-electron chi connectivity index (χ4n) is 1.73. The number of hydrogen-bond donors (Lipinski definition) is 1. The van der Waals surface area contributed by atoms with Crippen molar-refractivity contribution in [3.63, 3.8) is 0 Å². The van der Waals surface area contributed by atoms with E-state index in [9.17, 15) is 9.59 Å². The first-order valence-electron chi connectivity index (χ1n) is 6.46. The number of ether oxygens (including phenoxy) is 1. The maximum atomic E-state index is 11.7. The number of Topliss-reactive ketones (excluding diaryl/α,β-unsaturated/α-hetero) is 1. The molecule has 0 heterocycles. The molecule has 0 atom stereocenters. The smallest absolute Gasteiger partial charge is 0.251 e. The van der Waals surface area contributed by atoms with Crippen LogP contribution >= 0.6 is 0 Å². The normalized spacial score (nSPS) is 10.3. The van der Waals surface area contributed by atoms with Crippen LogP contribution in [0.3, 0.4) is 0 Å². The molecule has 0 radical (unpaired) electrons. The number of rotatable bonds is 5. The number of carbonyl (C=O) groups is 2. The molecule has 0 fully saturated rings. The lowest BCUT2D eigenvalue weighted by atomic mass is 10.1. The third-order valence-electron chi connectivity index (χ3n) is 2.72. The van der Waals surface area contributed by atoms with Gasteiger partial charge in [-0.25, -0.2) is 0 Å². The number of benzene rings is 2. The molecule has 2 aromatic rings. The molecule has 0 aliphatic carbocycles. The molecule has 0 saturated heterocycles. The van der Waals surface area contributed by atoms with Crippen molar-refractivity contribution in [3.8, 4) is 5.75 Å². The number of para-hydroxylation sites is 2. The van der Waals surface area contributed by atoms with Crippen LogP contribution < -0.4 is 10.1 Å². The van der Waals surface area contributed by atoms with Gasteiger partial charge in [0, 0.05) is 11.8 Å². The van der Waals surface area contributed by atoms with E-state index in [2.05, 4.69) is 5.32 Å². The summed E-state index contributed by atoms with van der Waals surface area (Å²) in [5.41, 5.74) is 1.18. The zero-order valence-electron chi connectivity index (χ0n) is 11.6. The minimum atomic E-state index is -0.304. The summed E-state index contributed by atoms with van der Waals surface area (Å²) >= 11 is 0. The summed E-state index contributed by atoms with van der Waals surface area (Å²) < 4.78 is 5.34. The van der Waals surface area contributed by atoms with Gasteiger partial charge in [-0.1, -0.05) is 30.3 Å². The highest BCUT2D eigenvalue weighted by Crippen LogP contribution is 2.18. The molecule has 0 aliphatic heterocycles. The molecule has 2 aromatic carbocycles. The Labute approximate surface area is 123 Å². The monoisotopic (exact) mass is 281 g/mol. The molecule has 0 saturated carbocycles. The summed E-state index contributed by atoms with van der Waals surface area (Å²) in [4.78, 5) is 23.1. The SMILES string of the molecule is CC(=O)c1ccccc1O/C=C/C(=O)Nc1ccccc1. The minimum Gasteiger partial charge on any atom is -0.464 e. The van der Waals surface area contributed by atoms with Crippen LogP contribution in [0.1, 0.15) is 17.3 Å². The highest BCUT2D eigenvalue weighted by atomic mass is 16.5. The average molecular weight is 281 g/mol. The van der Waals surface area contributed by atoms with E-state index in [4.69, 9.17) is 4.74 Å². The lowest BCUT2D eigenvalue weighted by Crippen LogP contribution is -2.08. The van der Waals surface area contributed by atoms with Gasteiger partial charge in [0.15, 0.2) is 5.78 Å². The van der Waals surface area contributed by atoms with E-state index in [1.54, 1.807) is 36.4 Å². The number of nitrogens with one attached hydrogen (secondary N) is 1. The molecule has 21 heavy (non-hydrogen) atoms. The first-order chi connectivity index (χ1) is 10.2. The second kappa shape index (κ2) is 7.05. The summed E-state index contributed by atoms with van der Waals surface area (Å²) in [6, 6.07) is 16.0. The van der Waals surface area contributed by atoms with Crippen molar-refractivity contribution in [2.75, 3.05) is 5.32 Å². The summed E-state index contributed by atoms with van der Waals surface area (Å²) in [7, 11) is 0. The Bertz CT molecular complexity index is 663. The average Bonchev–Trinajstić information content (AvgIpc) is 2.48. The van der Waals surface area contributed by atoms with Gasteiger partial charge in [-0.15, -0.1) is 0 Å². The number of amides is 1. The van der Waals surface area contributed by atoms with Gasteiger partial charge in [0.1, 0.15) is 5.75 Å². The molecule has 0 spiro atoms. The molecule has 0 aliphatic rings. The molecule has 1 N–H and O–H groups in total. The molecular weight excluding hydrogens is 266 g/mol. The molecule has 2 rings (SSSR count). The Balaban J connectivity index is 1.97. The van der Waals surface area contributed by atoms with E-state index in [-0.39, 0.29) is 11.7 Å². The highest BCUT2D eigenvalue weighted by Gasteiger charge is 2.06. The second-order valence-electron chi connectivity index (χ2n) is 4.33. The van der Waals surface area contributed by atoms with Gasteiger partial charge in [-0.05, 0) is 31.2 Å². The summed E-state index contributed by atoms with van der Waals surface area (Å²) in [5, 5.41) is 2.69. The molecule has 4 heteroatoms. The van der Waals surface area contributed by atoms with Crippen molar-refractivity contribution >= 4 is 17.4 Å². The Morgan fingerprint density at radius 2 is 1.67 bits per heavy atom. The van der Waals surface area contributed by atoms with Crippen molar-refractivity contribution in [2.45, 2.75) is 6.92 Å². The van der Waals surface area contributed by atoms with Gasteiger partial charge in [0.05, 0.1) is 11.8 Å².